The van der Waals surface area contributed by atoms with Crippen LogP contribution < -0.4 is 5.73 Å². The molecule has 0 aromatic heterocycles. The minimum Gasteiger partial charge on any atom is -0.480 e. The van der Waals surface area contributed by atoms with E-state index in [1.807, 2.05) is 0 Å². The molecule has 0 saturated carbocycles. The van der Waals surface area contributed by atoms with E-state index in [0.717, 1.165) is 0 Å². The lowest BCUT2D eigenvalue weighted by atomic mass is 10.1. The van der Waals surface area contributed by atoms with E-state index in [0.29, 0.717) is 6.42 Å². The van der Waals surface area contributed by atoms with Crippen molar-refractivity contribution in [3.05, 3.63) is 12.7 Å². The summed E-state index contributed by atoms with van der Waals surface area (Å²) < 4.78 is -1.02. The summed E-state index contributed by atoms with van der Waals surface area (Å²) in [5.41, 5.74) is 5.28. The maximum absolute atomic E-state index is 10.4. The number of hydrogen-bond acceptors (Lipinski definition) is 4. The van der Waals surface area contributed by atoms with Gasteiger partial charge < -0.3 is 10.8 Å². The van der Waals surface area contributed by atoms with E-state index in [2.05, 4.69) is 31.8 Å². The van der Waals surface area contributed by atoms with Crippen molar-refractivity contribution in [1.82, 2.24) is 0 Å². The molecule has 0 aliphatic heterocycles. The maximum Gasteiger partial charge on any atom is 0.322 e. The molecule has 0 amide bonds. The minimum atomic E-state index is -1.11. The number of aliphatic carboxylic acids is 1. The van der Waals surface area contributed by atoms with Crippen molar-refractivity contribution in [2.24, 2.45) is 5.73 Å². The molecule has 0 heterocycles. The number of carboxylic acids is 1. The van der Waals surface area contributed by atoms with Gasteiger partial charge in [0.2, 0.25) is 0 Å². The van der Waals surface area contributed by atoms with Crippen molar-refractivity contribution in [1.29, 1.82) is 0 Å². The second-order valence-corrected chi connectivity index (χ2v) is 4.14. The van der Waals surface area contributed by atoms with E-state index in [1.54, 1.807) is 0 Å². The van der Waals surface area contributed by atoms with Crippen LogP contribution in [0.1, 0.15) is 6.42 Å². The van der Waals surface area contributed by atoms with Crippen LogP contribution in [-0.2, 0) is 4.79 Å². The van der Waals surface area contributed by atoms with Crippen LogP contribution in [-0.4, -0.2) is 21.2 Å². The second kappa shape index (κ2) is 4.04. The van der Waals surface area contributed by atoms with Gasteiger partial charge in [0, 0.05) is 0 Å². The molecular weight excluding hydrogens is 182 g/mol. The van der Waals surface area contributed by atoms with Gasteiger partial charge in [0.1, 0.15) is 6.04 Å². The van der Waals surface area contributed by atoms with Gasteiger partial charge in [0.15, 0.2) is 0 Å². The quantitative estimate of drug-likeness (QED) is 0.299. The molecule has 0 aromatic rings. The number of allylic oxidation sites excluding steroid dienone is 1. The van der Waals surface area contributed by atoms with E-state index < -0.39 is 16.1 Å². The molecule has 1 atom stereocenters. The molecule has 0 aromatic carbocycles. The molecule has 0 spiro atoms. The summed E-state index contributed by atoms with van der Waals surface area (Å²) in [5.74, 6) is -1.11. The lowest BCUT2D eigenvalue weighted by Crippen LogP contribution is -2.45. The van der Waals surface area contributed by atoms with Gasteiger partial charge in [0.05, 0.1) is 4.08 Å². The highest BCUT2D eigenvalue weighted by atomic mass is 32.2. The molecule has 0 radical (unpaired) electrons. The average molecular weight is 193 g/mol. The Labute approximate surface area is 76.5 Å². The van der Waals surface area contributed by atoms with Crippen LogP contribution in [0.25, 0.3) is 0 Å². The third kappa shape index (κ3) is 3.18. The van der Waals surface area contributed by atoms with Crippen LogP contribution in [0, 0.1) is 0 Å². The Bertz CT molecular complexity index is 170. The molecule has 64 valence electrons. The van der Waals surface area contributed by atoms with Crippen LogP contribution in [0.15, 0.2) is 12.7 Å². The number of nitrogens with two attached hydrogens (primary N) is 1. The molecule has 0 aliphatic rings. The fourth-order valence-corrected chi connectivity index (χ4v) is 1.02. The Kier molecular flexibility index (Phi) is 3.99. The lowest BCUT2D eigenvalue weighted by Gasteiger charge is -2.24. The first-order chi connectivity index (χ1) is 4.91. The second-order valence-electron chi connectivity index (χ2n) is 2.19. The predicted molar refractivity (Wildman–Crippen MR) is 51.1 cm³/mol. The van der Waals surface area contributed by atoms with Crippen LogP contribution in [0.3, 0.4) is 0 Å². The first-order valence-corrected chi connectivity index (χ1v) is 3.85. The van der Waals surface area contributed by atoms with Crippen molar-refractivity contribution < 1.29 is 9.90 Å². The first-order valence-electron chi connectivity index (χ1n) is 2.96. The fraction of sp³-hybridized carbons (Fsp3) is 0.500. The van der Waals surface area contributed by atoms with E-state index in [4.69, 9.17) is 10.8 Å². The molecule has 0 saturated heterocycles. The molecule has 0 aliphatic carbocycles. The number of hydrogen-bond donors (Lipinski definition) is 4. The molecule has 0 unspecified atom stereocenters. The van der Waals surface area contributed by atoms with Gasteiger partial charge in [-0.05, 0) is 6.42 Å². The molecule has 3 nitrogen and oxygen atoms in total. The van der Waals surface area contributed by atoms with Gasteiger partial charge in [-0.3, -0.25) is 4.79 Å². The summed E-state index contributed by atoms with van der Waals surface area (Å²) in [7, 11) is 0. The molecular formula is C6H11NO2S2. The lowest BCUT2D eigenvalue weighted by molar-refractivity contribution is -0.138. The van der Waals surface area contributed by atoms with Crippen LogP contribution in [0.2, 0.25) is 0 Å². The first kappa shape index (κ1) is 10.9. The van der Waals surface area contributed by atoms with Crippen LogP contribution in [0.4, 0.5) is 0 Å². The number of carboxylic acid groups (broad SMARTS) is 1. The molecule has 3 N–H and O–H groups in total. The minimum absolute atomic E-state index is 0.340. The smallest absolute Gasteiger partial charge is 0.322 e. The van der Waals surface area contributed by atoms with Gasteiger partial charge in [0.25, 0.3) is 0 Å². The predicted octanol–water partition coefficient (Wildman–Crippen LogP) is 0.530. The zero-order valence-electron chi connectivity index (χ0n) is 5.90. The molecule has 11 heavy (non-hydrogen) atoms. The maximum atomic E-state index is 10.4. The molecule has 5 heteroatoms. The largest absolute Gasteiger partial charge is 0.480 e. The fourth-order valence-electron chi connectivity index (χ4n) is 0.537. The van der Waals surface area contributed by atoms with Crippen molar-refractivity contribution in [3.63, 3.8) is 0 Å². The van der Waals surface area contributed by atoms with Crippen molar-refractivity contribution >= 4 is 31.2 Å². The molecule has 0 rings (SSSR count). The van der Waals surface area contributed by atoms with Crippen molar-refractivity contribution in [3.8, 4) is 0 Å². The summed E-state index contributed by atoms with van der Waals surface area (Å²) in [5, 5.41) is 8.49. The van der Waals surface area contributed by atoms with E-state index in [1.165, 1.54) is 6.08 Å². The van der Waals surface area contributed by atoms with Gasteiger partial charge in [-0.2, -0.15) is 25.3 Å². The summed E-state index contributed by atoms with van der Waals surface area (Å²) in [6, 6.07) is -1.09. The standard InChI is InChI=1S/C6H11NO2S2/c1-2-3-6(10,11)4(7)5(8)9/h2,4,10-11H,1,3,7H2,(H,8,9)/t4-/m1/s1. The van der Waals surface area contributed by atoms with E-state index in [9.17, 15) is 4.79 Å². The molecule has 0 fully saturated rings. The summed E-state index contributed by atoms with van der Waals surface area (Å²) in [4.78, 5) is 10.4. The number of carbonyl (C=O) groups is 1. The monoisotopic (exact) mass is 193 g/mol. The summed E-state index contributed by atoms with van der Waals surface area (Å²) in [6.07, 6.45) is 1.87. The number of rotatable bonds is 4. The Morgan fingerprint density at radius 1 is 1.82 bits per heavy atom. The SMILES string of the molecule is C=CCC(S)(S)[C@H](N)C(=O)O. The summed E-state index contributed by atoms with van der Waals surface area (Å²) in [6.45, 7) is 3.44. The van der Waals surface area contributed by atoms with Gasteiger partial charge in [-0.15, -0.1) is 6.58 Å². The van der Waals surface area contributed by atoms with Gasteiger partial charge in [-0.25, -0.2) is 0 Å². The third-order valence-corrected chi connectivity index (χ3v) is 2.13. The molecule has 0 bridgehead atoms. The normalized spacial score (nSPS) is 14.1. The Morgan fingerprint density at radius 2 is 2.27 bits per heavy atom. The van der Waals surface area contributed by atoms with Crippen molar-refractivity contribution in [2.45, 2.75) is 16.5 Å². The van der Waals surface area contributed by atoms with Crippen LogP contribution >= 0.6 is 25.3 Å². The zero-order chi connectivity index (χ0) is 9.07. The topological polar surface area (TPSA) is 63.3 Å². The van der Waals surface area contributed by atoms with Crippen LogP contribution in [0.5, 0.6) is 0 Å². The highest BCUT2D eigenvalue weighted by Gasteiger charge is 2.32. The average Bonchev–Trinajstić information content (AvgIpc) is 1.86. The summed E-state index contributed by atoms with van der Waals surface area (Å²) >= 11 is 7.98. The Balaban J connectivity index is 4.27. The van der Waals surface area contributed by atoms with Gasteiger partial charge in [-0.1, -0.05) is 6.08 Å². The highest BCUT2D eigenvalue weighted by Crippen LogP contribution is 2.27. The van der Waals surface area contributed by atoms with Crippen molar-refractivity contribution in [2.75, 3.05) is 0 Å². The Morgan fingerprint density at radius 3 is 2.55 bits per heavy atom. The highest BCUT2D eigenvalue weighted by molar-refractivity contribution is 8.00. The third-order valence-electron chi connectivity index (χ3n) is 1.21. The zero-order valence-corrected chi connectivity index (χ0v) is 7.69. The number of thiol groups is 2. The Hall–Kier alpha value is -0.130. The van der Waals surface area contributed by atoms with E-state index >= 15 is 0 Å². The van der Waals surface area contributed by atoms with Gasteiger partial charge >= 0.3 is 5.97 Å². The van der Waals surface area contributed by atoms with E-state index in [-0.39, 0.29) is 0 Å².